The summed E-state index contributed by atoms with van der Waals surface area (Å²) in [5.74, 6) is 0.655. The minimum atomic E-state index is -1.50. The number of pyridine rings is 1. The summed E-state index contributed by atoms with van der Waals surface area (Å²) >= 11 is 0. The molecule has 0 N–H and O–H groups in total. The van der Waals surface area contributed by atoms with Gasteiger partial charge in [0.05, 0.1) is 25.7 Å². The van der Waals surface area contributed by atoms with Gasteiger partial charge in [0.1, 0.15) is 17.4 Å². The SMILES string of the molecule is CC(C)c1cc(-c2ccccc2)cc(C(C)C)c1-n1c(-c2[c-]ccc3c2oc2ccccc23)nc2cncnc21.[2H]C(C)(C)c1cc(-c2[c-]cccc2)ncc1[Si](C)(C)C.[Ir]. The molecular weight excluding hydrogens is 931 g/mol. The Labute approximate surface area is 370 Å². The Kier molecular flexibility index (Phi) is 12.1. The van der Waals surface area contributed by atoms with Gasteiger partial charge in [0.2, 0.25) is 0 Å². The van der Waals surface area contributed by atoms with E-state index in [4.69, 9.17) is 15.8 Å². The Hall–Kier alpha value is -5.53. The molecule has 305 valence electrons. The second kappa shape index (κ2) is 17.6. The molecule has 60 heavy (non-hydrogen) atoms. The molecule has 6 nitrogen and oxygen atoms in total. The van der Waals surface area contributed by atoms with Crippen LogP contribution in [-0.4, -0.2) is 32.6 Å². The third-order valence-electron chi connectivity index (χ3n) is 10.9. The van der Waals surface area contributed by atoms with Gasteiger partial charge < -0.3 is 14.0 Å². The molecule has 9 aromatic rings. The number of benzene rings is 5. The maximum Gasteiger partial charge on any atom is 0.158 e. The van der Waals surface area contributed by atoms with E-state index in [-0.39, 0.29) is 31.9 Å². The summed E-state index contributed by atoms with van der Waals surface area (Å²) in [4.78, 5) is 18.8. The van der Waals surface area contributed by atoms with E-state index in [0.29, 0.717) is 0 Å². The first kappa shape index (κ1) is 41.2. The number of imidazole rings is 1. The number of furan rings is 1. The smallest absolute Gasteiger partial charge is 0.158 e. The van der Waals surface area contributed by atoms with Crippen molar-refractivity contribution in [2.75, 3.05) is 0 Å². The molecule has 0 spiro atoms. The number of rotatable bonds is 8. The Morgan fingerprint density at radius 1 is 0.700 bits per heavy atom. The van der Waals surface area contributed by atoms with Crippen molar-refractivity contribution in [3.63, 3.8) is 0 Å². The Balaban J connectivity index is 0.000000226. The van der Waals surface area contributed by atoms with Crippen molar-refractivity contribution in [1.82, 2.24) is 24.5 Å². The normalized spacial score (nSPS) is 12.2. The minimum absolute atomic E-state index is 0. The van der Waals surface area contributed by atoms with Crippen LogP contribution < -0.4 is 5.19 Å². The predicted octanol–water partition coefficient (Wildman–Crippen LogP) is 13.3. The van der Waals surface area contributed by atoms with E-state index in [1.165, 1.54) is 27.4 Å². The number of hydrogen-bond acceptors (Lipinski definition) is 5. The van der Waals surface area contributed by atoms with Crippen molar-refractivity contribution in [1.29, 1.82) is 0 Å². The average molecular weight is 983 g/mol. The zero-order valence-electron chi connectivity index (χ0n) is 36.8. The Morgan fingerprint density at radius 2 is 1.40 bits per heavy atom. The fourth-order valence-electron chi connectivity index (χ4n) is 7.85. The molecule has 0 unspecified atom stereocenters. The molecule has 0 aliphatic rings. The molecule has 0 aliphatic heterocycles. The van der Waals surface area contributed by atoms with Gasteiger partial charge in [0.15, 0.2) is 5.65 Å². The molecule has 0 atom stereocenters. The van der Waals surface area contributed by atoms with Crippen LogP contribution in [-0.2, 0) is 20.1 Å². The number of fused-ring (bicyclic) bond motifs is 4. The molecule has 0 fully saturated rings. The van der Waals surface area contributed by atoms with Gasteiger partial charge in [-0.2, -0.15) is 0 Å². The van der Waals surface area contributed by atoms with Crippen molar-refractivity contribution in [3.8, 4) is 39.5 Å². The monoisotopic (exact) mass is 983 g/mol. The van der Waals surface area contributed by atoms with Gasteiger partial charge in [-0.05, 0) is 69.1 Å². The molecule has 1 radical (unpaired) electrons. The van der Waals surface area contributed by atoms with Crippen molar-refractivity contribution < 1.29 is 25.9 Å². The fourth-order valence-corrected chi connectivity index (χ4v) is 9.43. The number of para-hydroxylation sites is 1. The van der Waals surface area contributed by atoms with Gasteiger partial charge in [-0.15, -0.1) is 54.1 Å². The number of hydrogen-bond donors (Lipinski definition) is 0. The molecule has 4 heterocycles. The first-order valence-corrected chi connectivity index (χ1v) is 23.9. The summed E-state index contributed by atoms with van der Waals surface area (Å²) < 4.78 is 17.1. The largest absolute Gasteiger partial charge is 0.501 e. The second-order valence-corrected chi connectivity index (χ2v) is 22.1. The van der Waals surface area contributed by atoms with Crippen LogP contribution in [0, 0.1) is 12.1 Å². The van der Waals surface area contributed by atoms with E-state index in [0.717, 1.165) is 67.0 Å². The zero-order chi connectivity index (χ0) is 42.3. The molecular formula is C52H51IrN5OSi-2. The topological polar surface area (TPSA) is 69.6 Å². The van der Waals surface area contributed by atoms with Crippen LogP contribution in [0.25, 0.3) is 72.6 Å². The van der Waals surface area contributed by atoms with Crippen LogP contribution in [0.4, 0.5) is 0 Å². The van der Waals surface area contributed by atoms with Gasteiger partial charge in [0.25, 0.3) is 0 Å². The first-order valence-electron chi connectivity index (χ1n) is 20.9. The van der Waals surface area contributed by atoms with Crippen molar-refractivity contribution >= 4 is 46.4 Å². The molecule has 9 rings (SSSR count). The van der Waals surface area contributed by atoms with E-state index >= 15 is 0 Å². The summed E-state index contributed by atoms with van der Waals surface area (Å²) in [7, 11) is -1.50. The van der Waals surface area contributed by atoms with Crippen LogP contribution in [0.15, 0.2) is 132 Å². The Bertz CT molecular complexity index is 2940. The van der Waals surface area contributed by atoms with E-state index in [9.17, 15) is 0 Å². The van der Waals surface area contributed by atoms with Crippen molar-refractivity contribution in [3.05, 3.63) is 157 Å². The number of nitrogens with zero attached hydrogens (tertiary/aromatic N) is 5. The maximum absolute atomic E-state index is 8.44. The quantitative estimate of drug-likeness (QED) is 0.112. The van der Waals surface area contributed by atoms with Gasteiger partial charge in [-0.3, -0.25) is 4.98 Å². The van der Waals surface area contributed by atoms with E-state index < -0.39 is 14.0 Å². The molecule has 5 aromatic carbocycles. The fraction of sp³-hybridized carbons (Fsp3) is 0.231. The Morgan fingerprint density at radius 3 is 2.07 bits per heavy atom. The molecule has 0 saturated heterocycles. The molecule has 0 saturated carbocycles. The van der Waals surface area contributed by atoms with E-state index in [1.54, 1.807) is 12.5 Å². The summed E-state index contributed by atoms with van der Waals surface area (Å²) in [6.07, 6.45) is 5.36. The molecule has 0 bridgehead atoms. The molecule has 8 heteroatoms. The van der Waals surface area contributed by atoms with Gasteiger partial charge >= 0.3 is 0 Å². The summed E-state index contributed by atoms with van der Waals surface area (Å²) in [6.45, 7) is 19.8. The first-order chi connectivity index (χ1) is 28.7. The second-order valence-electron chi connectivity index (χ2n) is 17.0. The maximum atomic E-state index is 8.44. The molecule has 0 aliphatic carbocycles. The van der Waals surface area contributed by atoms with E-state index in [1.807, 2.05) is 68.6 Å². The van der Waals surface area contributed by atoms with Crippen molar-refractivity contribution in [2.24, 2.45) is 0 Å². The van der Waals surface area contributed by atoms with Crippen LogP contribution >= 0.6 is 0 Å². The standard InChI is InChI=1S/C35H29N4O.C17H22NSi.Ir/c1-21(2)28-17-24(23-11-6-5-7-12-23)18-29(22(3)4)32(28)39-34(38-30-19-36-20-37-35(30)39)27-15-10-14-26-25-13-8-9-16-31(25)40-33(26)27;1-13(2)15-11-16(14-9-7-6-8-10-14)18-12-17(15)19(3,4)5;/h5-14,16-22H,1-4H3;6-9,11-13H,1-5H3;/q2*-1;/i;13D;. The van der Waals surface area contributed by atoms with Crippen LogP contribution in [0.2, 0.25) is 19.6 Å². The van der Waals surface area contributed by atoms with E-state index in [2.05, 4.69) is 135 Å². The zero-order valence-corrected chi connectivity index (χ0v) is 39.2. The van der Waals surface area contributed by atoms with Crippen LogP contribution in [0.3, 0.4) is 0 Å². The van der Waals surface area contributed by atoms with Crippen LogP contribution in [0.5, 0.6) is 0 Å². The summed E-state index contributed by atoms with van der Waals surface area (Å²) in [5, 5.41) is 3.40. The molecule has 4 aromatic heterocycles. The predicted molar refractivity (Wildman–Crippen MR) is 247 cm³/mol. The third-order valence-corrected chi connectivity index (χ3v) is 12.9. The number of aromatic nitrogens is 5. The van der Waals surface area contributed by atoms with Gasteiger partial charge in [0, 0.05) is 38.7 Å². The minimum Gasteiger partial charge on any atom is -0.501 e. The van der Waals surface area contributed by atoms with Gasteiger partial charge in [-0.1, -0.05) is 132 Å². The third kappa shape index (κ3) is 8.29. The van der Waals surface area contributed by atoms with Gasteiger partial charge in [-0.25, -0.2) is 9.97 Å². The molecule has 0 amide bonds. The van der Waals surface area contributed by atoms with Crippen LogP contribution in [0.1, 0.15) is 77.3 Å². The average Bonchev–Trinajstić information content (AvgIpc) is 3.82. The van der Waals surface area contributed by atoms with Crippen molar-refractivity contribution in [2.45, 2.75) is 78.9 Å². The summed E-state index contributed by atoms with van der Waals surface area (Å²) in [5.41, 5.74) is 12.9. The summed E-state index contributed by atoms with van der Waals surface area (Å²) in [6, 6.07) is 44.0.